The van der Waals surface area contributed by atoms with Gasteiger partial charge < -0.3 is 14.4 Å². The van der Waals surface area contributed by atoms with Crippen LogP contribution in [-0.4, -0.2) is 23.9 Å². The summed E-state index contributed by atoms with van der Waals surface area (Å²) in [5.41, 5.74) is 0. The minimum absolute atomic E-state index is 0.0103. The highest BCUT2D eigenvalue weighted by Gasteiger charge is 2.33. The van der Waals surface area contributed by atoms with Gasteiger partial charge >= 0.3 is 0 Å². The van der Waals surface area contributed by atoms with Gasteiger partial charge in [-0.15, -0.1) is 0 Å². The number of para-hydroxylation sites is 2. The van der Waals surface area contributed by atoms with Crippen LogP contribution in [-0.2, 0) is 5.11 Å². The van der Waals surface area contributed by atoms with Gasteiger partial charge in [-0.25, -0.2) is 4.98 Å². The predicted octanol–water partition coefficient (Wildman–Crippen LogP) is 4.68. The largest absolute Gasteiger partial charge is 0.490 e. The van der Waals surface area contributed by atoms with Crippen LogP contribution in [0.1, 0.15) is 12.8 Å². The van der Waals surface area contributed by atoms with E-state index in [0.29, 0.717) is 18.8 Å². The molecule has 5 heteroatoms. The van der Waals surface area contributed by atoms with E-state index in [-0.39, 0.29) is 18.1 Å². The SMILES string of the molecule is [O]c1cccnc1N1CCC(Oc2ccccc2)CC1Oc1ccccc1. The Bertz CT molecular complexity index is 858. The van der Waals surface area contributed by atoms with Gasteiger partial charge in [0.15, 0.2) is 12.0 Å². The Morgan fingerprint density at radius 1 is 0.852 bits per heavy atom. The maximum Gasteiger partial charge on any atom is 0.221 e. The predicted molar refractivity (Wildman–Crippen MR) is 103 cm³/mol. The molecule has 1 saturated heterocycles. The minimum Gasteiger partial charge on any atom is -0.490 e. The molecule has 2 aromatic carbocycles. The highest BCUT2D eigenvalue weighted by atomic mass is 16.5. The zero-order valence-electron chi connectivity index (χ0n) is 14.9. The van der Waals surface area contributed by atoms with Gasteiger partial charge in [-0.05, 0) is 36.4 Å². The molecule has 1 aliphatic rings. The van der Waals surface area contributed by atoms with Crippen LogP contribution in [0, 0.1) is 0 Å². The summed E-state index contributed by atoms with van der Waals surface area (Å²) in [6.45, 7) is 0.640. The Balaban J connectivity index is 1.55. The molecule has 1 fully saturated rings. The molecule has 0 spiro atoms. The third-order valence-electron chi connectivity index (χ3n) is 4.59. The summed E-state index contributed by atoms with van der Waals surface area (Å²) in [4.78, 5) is 6.24. The average Bonchev–Trinajstić information content (AvgIpc) is 2.71. The summed E-state index contributed by atoms with van der Waals surface area (Å²) in [6.07, 6.45) is 2.76. The maximum absolute atomic E-state index is 12.3. The minimum atomic E-state index is -0.322. The Labute approximate surface area is 158 Å². The lowest BCUT2D eigenvalue weighted by Crippen LogP contribution is -2.49. The van der Waals surface area contributed by atoms with E-state index in [2.05, 4.69) is 4.98 Å². The van der Waals surface area contributed by atoms with Gasteiger partial charge in [0.25, 0.3) is 0 Å². The molecular weight excluding hydrogens is 340 g/mol. The second kappa shape index (κ2) is 7.99. The first-order valence-electron chi connectivity index (χ1n) is 9.12. The normalized spacial score (nSPS) is 19.5. The number of rotatable bonds is 5. The van der Waals surface area contributed by atoms with Crippen molar-refractivity contribution < 1.29 is 14.6 Å². The van der Waals surface area contributed by atoms with Crippen molar-refractivity contribution in [3.05, 3.63) is 79.0 Å². The van der Waals surface area contributed by atoms with E-state index >= 15 is 0 Å². The van der Waals surface area contributed by atoms with Crippen LogP contribution in [0.3, 0.4) is 0 Å². The first-order valence-corrected chi connectivity index (χ1v) is 9.12. The van der Waals surface area contributed by atoms with Crippen LogP contribution in [0.2, 0.25) is 0 Å². The lowest BCUT2D eigenvalue weighted by atomic mass is 10.1. The fourth-order valence-electron chi connectivity index (χ4n) is 3.30. The molecular formula is C22H21N2O3. The molecule has 1 aromatic heterocycles. The molecule has 2 heterocycles. The number of piperidine rings is 1. The van der Waals surface area contributed by atoms with Crippen molar-refractivity contribution in [3.8, 4) is 17.2 Å². The van der Waals surface area contributed by atoms with Crippen molar-refractivity contribution in [3.63, 3.8) is 0 Å². The Morgan fingerprint density at radius 3 is 2.19 bits per heavy atom. The van der Waals surface area contributed by atoms with Gasteiger partial charge in [-0.1, -0.05) is 36.4 Å². The smallest absolute Gasteiger partial charge is 0.221 e. The number of pyridine rings is 1. The van der Waals surface area contributed by atoms with Gasteiger partial charge in [-0.2, -0.15) is 0 Å². The summed E-state index contributed by atoms with van der Waals surface area (Å²) in [5.74, 6) is 1.94. The molecule has 2 atom stereocenters. The van der Waals surface area contributed by atoms with E-state index in [0.717, 1.165) is 17.9 Å². The molecule has 0 amide bonds. The first-order chi connectivity index (χ1) is 13.3. The quantitative estimate of drug-likeness (QED) is 0.662. The molecule has 27 heavy (non-hydrogen) atoms. The third-order valence-corrected chi connectivity index (χ3v) is 4.59. The number of ether oxygens (including phenoxy) is 2. The second-order valence-electron chi connectivity index (χ2n) is 6.48. The van der Waals surface area contributed by atoms with E-state index in [1.54, 1.807) is 12.3 Å². The van der Waals surface area contributed by atoms with Crippen molar-refractivity contribution in [2.75, 3.05) is 11.4 Å². The van der Waals surface area contributed by atoms with Crippen LogP contribution in [0.15, 0.2) is 79.0 Å². The van der Waals surface area contributed by atoms with Crippen molar-refractivity contribution >= 4 is 5.82 Å². The Hall–Kier alpha value is -3.21. The molecule has 1 aliphatic heterocycles. The Morgan fingerprint density at radius 2 is 1.52 bits per heavy atom. The maximum atomic E-state index is 12.3. The van der Waals surface area contributed by atoms with Crippen LogP contribution in [0.5, 0.6) is 17.2 Å². The molecule has 5 nitrogen and oxygen atoms in total. The number of hydrogen-bond acceptors (Lipinski definition) is 4. The van der Waals surface area contributed by atoms with Gasteiger partial charge in [0.05, 0.1) is 0 Å². The van der Waals surface area contributed by atoms with Gasteiger partial charge in [0.2, 0.25) is 5.75 Å². The first kappa shape index (κ1) is 17.2. The molecule has 2 unspecified atom stereocenters. The zero-order chi connectivity index (χ0) is 18.5. The Kier molecular flexibility index (Phi) is 5.10. The molecule has 137 valence electrons. The number of hydrogen-bond donors (Lipinski definition) is 0. The van der Waals surface area contributed by atoms with E-state index in [1.165, 1.54) is 6.07 Å². The van der Waals surface area contributed by atoms with E-state index in [9.17, 15) is 5.11 Å². The molecule has 0 bridgehead atoms. The standard InChI is InChI=1S/C22H21N2O3/c25-20-12-7-14-23-22(20)24-15-13-19(26-17-8-3-1-4-9-17)16-21(24)27-18-10-5-2-6-11-18/h1-12,14,19,21H,13,15-16H2. The topological polar surface area (TPSA) is 54.5 Å². The summed E-state index contributed by atoms with van der Waals surface area (Å²) in [6, 6.07) is 22.6. The van der Waals surface area contributed by atoms with E-state index in [1.807, 2.05) is 65.6 Å². The monoisotopic (exact) mass is 361 g/mol. The molecule has 3 aromatic rings. The van der Waals surface area contributed by atoms with Gasteiger partial charge in [0, 0.05) is 25.6 Å². The summed E-state index contributed by atoms with van der Waals surface area (Å²) in [5, 5.41) is 12.3. The highest BCUT2D eigenvalue weighted by Crippen LogP contribution is 2.32. The fraction of sp³-hybridized carbons (Fsp3) is 0.227. The fourth-order valence-corrected chi connectivity index (χ4v) is 3.30. The lowest BCUT2D eigenvalue weighted by Gasteiger charge is -2.39. The summed E-state index contributed by atoms with van der Waals surface area (Å²) in [7, 11) is 0. The van der Waals surface area contributed by atoms with Crippen molar-refractivity contribution in [2.45, 2.75) is 25.2 Å². The number of aromatic nitrogens is 1. The molecule has 0 aliphatic carbocycles. The van der Waals surface area contributed by atoms with Crippen LogP contribution < -0.4 is 14.4 Å². The molecule has 1 radical (unpaired) electrons. The van der Waals surface area contributed by atoms with Crippen LogP contribution in [0.25, 0.3) is 0 Å². The summed E-state index contributed by atoms with van der Waals surface area (Å²) >= 11 is 0. The number of nitrogens with zero attached hydrogens (tertiary/aromatic N) is 2. The third kappa shape index (κ3) is 4.14. The number of benzene rings is 2. The summed E-state index contributed by atoms with van der Waals surface area (Å²) < 4.78 is 12.3. The molecule has 0 saturated carbocycles. The molecule has 4 rings (SSSR count). The zero-order valence-corrected chi connectivity index (χ0v) is 14.9. The van der Waals surface area contributed by atoms with Crippen molar-refractivity contribution in [1.29, 1.82) is 0 Å². The van der Waals surface area contributed by atoms with Crippen molar-refractivity contribution in [2.24, 2.45) is 0 Å². The van der Waals surface area contributed by atoms with Crippen molar-refractivity contribution in [1.82, 2.24) is 4.98 Å². The van der Waals surface area contributed by atoms with Gasteiger partial charge in [0.1, 0.15) is 17.6 Å². The van der Waals surface area contributed by atoms with Crippen LogP contribution in [0.4, 0.5) is 5.82 Å². The second-order valence-corrected chi connectivity index (χ2v) is 6.48. The molecule has 0 N–H and O–H groups in total. The van der Waals surface area contributed by atoms with E-state index in [4.69, 9.17) is 9.47 Å². The lowest BCUT2D eigenvalue weighted by molar-refractivity contribution is 0.0767. The van der Waals surface area contributed by atoms with E-state index < -0.39 is 0 Å². The average molecular weight is 361 g/mol. The van der Waals surface area contributed by atoms with Gasteiger partial charge in [-0.3, -0.25) is 5.11 Å². The number of anilines is 1. The highest BCUT2D eigenvalue weighted by molar-refractivity contribution is 5.52. The van der Waals surface area contributed by atoms with Crippen LogP contribution >= 0.6 is 0 Å².